The fourth-order valence-electron chi connectivity index (χ4n) is 3.14. The van der Waals surface area contributed by atoms with Gasteiger partial charge >= 0.3 is 0 Å². The van der Waals surface area contributed by atoms with E-state index in [9.17, 15) is 4.79 Å². The topological polar surface area (TPSA) is 20.3 Å². The number of hydrogen-bond acceptors (Lipinski definition) is 1. The molecule has 1 rings (SSSR count). The van der Waals surface area contributed by atoms with E-state index in [-0.39, 0.29) is 10.8 Å². The van der Waals surface area contributed by atoms with Crippen molar-refractivity contribution < 1.29 is 4.79 Å². The highest BCUT2D eigenvalue weighted by molar-refractivity contribution is 8.01. The van der Waals surface area contributed by atoms with E-state index in [2.05, 4.69) is 55.1 Å². The standard InChI is InChI=1S/C14H29NOP2/c1-13(2,3)10-8-7-9-11(16)15(18-17)12(10)14(4,5)6/h10,12,18H,7-9,17H2,1-6H3. The molecule has 106 valence electrons. The highest BCUT2D eigenvalue weighted by atomic mass is 32.0. The zero-order valence-electron chi connectivity index (χ0n) is 12.7. The average molecular weight is 289 g/mol. The summed E-state index contributed by atoms with van der Waals surface area (Å²) in [5.41, 5.74) is 0.395. The minimum Gasteiger partial charge on any atom is -0.317 e. The first-order chi connectivity index (χ1) is 8.09. The van der Waals surface area contributed by atoms with Crippen molar-refractivity contribution in [3.8, 4) is 0 Å². The van der Waals surface area contributed by atoms with Crippen LogP contribution in [0.15, 0.2) is 0 Å². The van der Waals surface area contributed by atoms with Crippen LogP contribution >= 0.6 is 17.3 Å². The van der Waals surface area contributed by atoms with Gasteiger partial charge in [0.25, 0.3) is 0 Å². The van der Waals surface area contributed by atoms with Crippen LogP contribution in [0.4, 0.5) is 0 Å². The van der Waals surface area contributed by atoms with Gasteiger partial charge in [-0.15, -0.1) is 0 Å². The van der Waals surface area contributed by atoms with Crippen molar-refractivity contribution in [3.63, 3.8) is 0 Å². The zero-order valence-corrected chi connectivity index (χ0v) is 14.9. The minimum atomic E-state index is 0.140. The third kappa shape index (κ3) is 3.67. The maximum absolute atomic E-state index is 12.3. The van der Waals surface area contributed by atoms with Gasteiger partial charge in [0, 0.05) is 12.5 Å². The Morgan fingerprint density at radius 1 is 1.17 bits per heavy atom. The molecular formula is C14H29NOP2. The largest absolute Gasteiger partial charge is 0.317 e. The Bertz CT molecular complexity index is 304. The molecule has 0 N–H and O–H groups in total. The van der Waals surface area contributed by atoms with Crippen LogP contribution in [0.3, 0.4) is 0 Å². The second-order valence-corrected chi connectivity index (χ2v) is 9.08. The summed E-state index contributed by atoms with van der Waals surface area (Å²) in [7, 11) is 3.27. The Morgan fingerprint density at radius 2 is 1.72 bits per heavy atom. The highest BCUT2D eigenvalue weighted by Crippen LogP contribution is 2.48. The van der Waals surface area contributed by atoms with Gasteiger partial charge in [0.1, 0.15) is 0 Å². The molecule has 2 nitrogen and oxygen atoms in total. The second kappa shape index (κ2) is 5.76. The van der Waals surface area contributed by atoms with Gasteiger partial charge in [-0.3, -0.25) is 4.79 Å². The molecule has 1 fully saturated rings. The summed E-state index contributed by atoms with van der Waals surface area (Å²) in [4.78, 5) is 12.3. The summed E-state index contributed by atoms with van der Waals surface area (Å²) >= 11 is 0. The molecule has 18 heavy (non-hydrogen) atoms. The van der Waals surface area contributed by atoms with Crippen molar-refractivity contribution in [1.82, 2.24) is 4.67 Å². The summed E-state index contributed by atoms with van der Waals surface area (Å²) in [5.74, 6) is 0.923. The molecule has 0 aliphatic carbocycles. The lowest BCUT2D eigenvalue weighted by Gasteiger charge is -2.47. The van der Waals surface area contributed by atoms with Gasteiger partial charge < -0.3 is 4.67 Å². The van der Waals surface area contributed by atoms with Crippen LogP contribution in [0.5, 0.6) is 0 Å². The molecule has 4 heteroatoms. The molecule has 1 heterocycles. The maximum Gasteiger partial charge on any atom is 0.226 e. The first kappa shape index (κ1) is 16.4. The van der Waals surface area contributed by atoms with E-state index in [0.717, 1.165) is 12.8 Å². The first-order valence-electron chi connectivity index (χ1n) is 6.87. The number of carbonyl (C=O) groups is 1. The van der Waals surface area contributed by atoms with E-state index < -0.39 is 0 Å². The van der Waals surface area contributed by atoms with Crippen LogP contribution in [0, 0.1) is 16.7 Å². The molecule has 0 aromatic rings. The molecular weight excluding hydrogens is 260 g/mol. The monoisotopic (exact) mass is 289 g/mol. The lowest BCUT2D eigenvalue weighted by atomic mass is 9.67. The van der Waals surface area contributed by atoms with Gasteiger partial charge in [0.2, 0.25) is 5.91 Å². The Balaban J connectivity index is 3.19. The SMILES string of the molecule is CC(C)(C)C1CCCC(=O)N(PP)C1C(C)(C)C. The Labute approximate surface area is 117 Å². The first-order valence-corrected chi connectivity index (χ1v) is 9.63. The summed E-state index contributed by atoms with van der Waals surface area (Å²) in [5, 5.41) is 0. The third-order valence-corrected chi connectivity index (χ3v) is 5.61. The highest BCUT2D eigenvalue weighted by Gasteiger charge is 2.44. The van der Waals surface area contributed by atoms with Crippen molar-refractivity contribution in [1.29, 1.82) is 0 Å². The van der Waals surface area contributed by atoms with Crippen LogP contribution in [-0.4, -0.2) is 16.6 Å². The lowest BCUT2D eigenvalue weighted by Crippen LogP contribution is -2.49. The van der Waals surface area contributed by atoms with Gasteiger partial charge in [-0.1, -0.05) is 50.5 Å². The summed E-state index contributed by atoms with van der Waals surface area (Å²) in [6.07, 6.45) is 2.93. The van der Waals surface area contributed by atoms with Gasteiger partial charge in [-0.2, -0.15) is 0 Å². The number of carbonyl (C=O) groups excluding carboxylic acids is 1. The molecule has 1 aliphatic rings. The molecule has 0 aromatic heterocycles. The molecule has 4 atom stereocenters. The Kier molecular flexibility index (Phi) is 5.24. The maximum atomic E-state index is 12.3. The minimum absolute atomic E-state index is 0.140. The average Bonchev–Trinajstić information content (AvgIpc) is 2.34. The molecule has 0 aromatic carbocycles. The van der Waals surface area contributed by atoms with Gasteiger partial charge in [-0.25, -0.2) is 0 Å². The van der Waals surface area contributed by atoms with Crippen LogP contribution < -0.4 is 0 Å². The van der Waals surface area contributed by atoms with Gasteiger partial charge in [0.05, 0.1) is 0 Å². The molecule has 1 amide bonds. The summed E-state index contributed by atoms with van der Waals surface area (Å²) < 4.78 is 2.13. The van der Waals surface area contributed by atoms with Crippen molar-refractivity contribution >= 4 is 23.3 Å². The van der Waals surface area contributed by atoms with E-state index in [1.54, 1.807) is 0 Å². The van der Waals surface area contributed by atoms with Crippen LogP contribution in [-0.2, 0) is 4.79 Å². The molecule has 1 aliphatic heterocycles. The summed E-state index contributed by atoms with van der Waals surface area (Å²) in [6.45, 7) is 13.8. The zero-order chi connectivity index (χ0) is 14.1. The fourth-order valence-corrected chi connectivity index (χ4v) is 5.03. The van der Waals surface area contributed by atoms with E-state index in [1.165, 1.54) is 6.42 Å². The number of nitrogens with zero attached hydrogens (tertiary/aromatic N) is 1. The molecule has 4 unspecified atom stereocenters. The van der Waals surface area contributed by atoms with E-state index in [0.29, 0.717) is 26.3 Å². The van der Waals surface area contributed by atoms with E-state index in [4.69, 9.17) is 0 Å². The van der Waals surface area contributed by atoms with Gasteiger partial charge in [0.15, 0.2) is 0 Å². The second-order valence-electron chi connectivity index (χ2n) is 7.57. The predicted octanol–water partition coefficient (Wildman–Crippen LogP) is 4.46. The molecule has 0 radical (unpaired) electrons. The van der Waals surface area contributed by atoms with Crippen LogP contribution in [0.25, 0.3) is 0 Å². The van der Waals surface area contributed by atoms with Crippen molar-refractivity contribution in [2.75, 3.05) is 0 Å². The normalized spacial score (nSPS) is 27.9. The molecule has 0 bridgehead atoms. The van der Waals surface area contributed by atoms with Crippen LogP contribution in [0.2, 0.25) is 0 Å². The summed E-state index contributed by atoms with van der Waals surface area (Å²) in [6, 6.07) is 0.350. The smallest absolute Gasteiger partial charge is 0.226 e. The van der Waals surface area contributed by atoms with Crippen molar-refractivity contribution in [3.05, 3.63) is 0 Å². The molecule has 0 spiro atoms. The predicted molar refractivity (Wildman–Crippen MR) is 84.9 cm³/mol. The molecule has 1 saturated heterocycles. The molecule has 0 saturated carbocycles. The fraction of sp³-hybridized carbons (Fsp3) is 0.929. The van der Waals surface area contributed by atoms with Gasteiger partial charge in [-0.05, 0) is 38.0 Å². The Morgan fingerprint density at radius 3 is 2.11 bits per heavy atom. The number of hydrogen-bond donors (Lipinski definition) is 0. The van der Waals surface area contributed by atoms with Crippen molar-refractivity contribution in [2.24, 2.45) is 16.7 Å². The third-order valence-electron chi connectivity index (χ3n) is 3.97. The van der Waals surface area contributed by atoms with E-state index >= 15 is 0 Å². The Hall–Kier alpha value is 0.330. The quantitative estimate of drug-likeness (QED) is 0.653. The number of rotatable bonds is 1. The van der Waals surface area contributed by atoms with E-state index in [1.807, 2.05) is 0 Å². The van der Waals surface area contributed by atoms with Crippen molar-refractivity contribution in [2.45, 2.75) is 66.8 Å². The number of amides is 1. The van der Waals surface area contributed by atoms with Crippen LogP contribution in [0.1, 0.15) is 60.8 Å². The lowest BCUT2D eigenvalue weighted by molar-refractivity contribution is -0.129.